The number of nitrogens with zero attached hydrogens (tertiary/aromatic N) is 2. The number of benzene rings is 1. The zero-order valence-electron chi connectivity index (χ0n) is 10.6. The number of hydrogen-bond acceptors (Lipinski definition) is 2. The van der Waals surface area contributed by atoms with Crippen molar-refractivity contribution in [2.24, 2.45) is 7.05 Å². The fourth-order valence-electron chi connectivity index (χ4n) is 2.65. The summed E-state index contributed by atoms with van der Waals surface area (Å²) in [5.41, 5.74) is 4.94. The van der Waals surface area contributed by atoms with Gasteiger partial charge in [0.1, 0.15) is 0 Å². The number of halogens is 1. The maximum Gasteiger partial charge on any atom is 0.0825 e. The van der Waals surface area contributed by atoms with Crippen molar-refractivity contribution in [3.63, 3.8) is 0 Å². The molecule has 0 fully saturated rings. The van der Waals surface area contributed by atoms with Gasteiger partial charge >= 0.3 is 0 Å². The molecule has 1 aromatic carbocycles. The average Bonchev–Trinajstić information content (AvgIpc) is 2.82. The summed E-state index contributed by atoms with van der Waals surface area (Å²) in [5, 5.41) is 8.75. The molecule has 0 spiro atoms. The van der Waals surface area contributed by atoms with Gasteiger partial charge < -0.3 is 5.32 Å². The van der Waals surface area contributed by atoms with E-state index >= 15 is 0 Å². The minimum absolute atomic E-state index is 0.446. The van der Waals surface area contributed by atoms with Gasteiger partial charge in [-0.25, -0.2) is 0 Å². The molecule has 1 unspecified atom stereocenters. The van der Waals surface area contributed by atoms with Gasteiger partial charge in [0.05, 0.1) is 11.4 Å². The lowest BCUT2D eigenvalue weighted by molar-refractivity contribution is 0.756. The lowest BCUT2D eigenvalue weighted by Gasteiger charge is -2.12. The zero-order chi connectivity index (χ0) is 12.7. The van der Waals surface area contributed by atoms with Crippen molar-refractivity contribution >= 4 is 17.3 Å². The molecule has 0 saturated heterocycles. The zero-order valence-corrected chi connectivity index (χ0v) is 11.3. The van der Waals surface area contributed by atoms with E-state index in [-0.39, 0.29) is 0 Å². The molecule has 2 aromatic rings. The van der Waals surface area contributed by atoms with Crippen molar-refractivity contribution < 1.29 is 0 Å². The summed E-state index contributed by atoms with van der Waals surface area (Å²) < 4.78 is 1.84. The topological polar surface area (TPSA) is 29.9 Å². The second-order valence-corrected chi connectivity index (χ2v) is 5.40. The Morgan fingerprint density at radius 2 is 2.11 bits per heavy atom. The maximum absolute atomic E-state index is 6.03. The van der Waals surface area contributed by atoms with E-state index in [1.54, 1.807) is 0 Å². The van der Waals surface area contributed by atoms with Crippen molar-refractivity contribution in [1.29, 1.82) is 0 Å². The smallest absolute Gasteiger partial charge is 0.0825 e. The molecule has 0 aliphatic heterocycles. The van der Waals surface area contributed by atoms with Gasteiger partial charge in [-0.3, -0.25) is 4.68 Å². The van der Waals surface area contributed by atoms with E-state index in [2.05, 4.69) is 22.5 Å². The highest BCUT2D eigenvalue weighted by molar-refractivity contribution is 6.30. The van der Waals surface area contributed by atoms with E-state index in [0.29, 0.717) is 6.04 Å². The predicted octanol–water partition coefficient (Wildman–Crippen LogP) is 2.96. The maximum atomic E-state index is 6.03. The third-order valence-corrected chi connectivity index (χ3v) is 3.71. The number of hydrogen-bond donors (Lipinski definition) is 1. The normalized spacial score (nSPS) is 17.8. The summed E-state index contributed by atoms with van der Waals surface area (Å²) in [4.78, 5) is 0. The van der Waals surface area contributed by atoms with Gasteiger partial charge in [-0.1, -0.05) is 17.7 Å². The molecule has 0 radical (unpaired) electrons. The van der Waals surface area contributed by atoms with Gasteiger partial charge in [-0.15, -0.1) is 0 Å². The molecule has 0 amide bonds. The largest absolute Gasteiger partial charge is 0.379 e. The molecule has 18 heavy (non-hydrogen) atoms. The van der Waals surface area contributed by atoms with E-state index in [0.717, 1.165) is 29.2 Å². The van der Waals surface area contributed by atoms with Crippen LogP contribution in [0.5, 0.6) is 0 Å². The fourth-order valence-corrected chi connectivity index (χ4v) is 2.84. The van der Waals surface area contributed by atoms with Gasteiger partial charge in [0, 0.05) is 24.3 Å². The van der Waals surface area contributed by atoms with Crippen LogP contribution in [0, 0.1) is 6.92 Å². The van der Waals surface area contributed by atoms with Crippen molar-refractivity contribution in [2.75, 3.05) is 5.32 Å². The van der Waals surface area contributed by atoms with Crippen LogP contribution in [0.4, 0.5) is 5.69 Å². The molecule has 3 nitrogen and oxygen atoms in total. The van der Waals surface area contributed by atoms with Crippen molar-refractivity contribution in [2.45, 2.75) is 25.8 Å². The van der Waals surface area contributed by atoms with Crippen molar-refractivity contribution in [3.05, 3.63) is 46.2 Å². The van der Waals surface area contributed by atoms with Crippen LogP contribution in [0.1, 0.15) is 16.8 Å². The Hall–Kier alpha value is -1.48. The number of aryl methyl sites for hydroxylation is 2. The van der Waals surface area contributed by atoms with Crippen LogP contribution < -0.4 is 5.32 Å². The molecule has 1 aliphatic carbocycles. The average molecular weight is 262 g/mol. The van der Waals surface area contributed by atoms with Gasteiger partial charge in [-0.2, -0.15) is 5.10 Å². The SMILES string of the molecule is Cc1nn(C)cc1NC1Cc2ccc(Cl)cc2C1. The van der Waals surface area contributed by atoms with E-state index in [4.69, 9.17) is 11.6 Å². The molecular weight excluding hydrogens is 246 g/mol. The second-order valence-electron chi connectivity index (χ2n) is 4.96. The Bertz CT molecular complexity index is 589. The summed E-state index contributed by atoms with van der Waals surface area (Å²) in [6.45, 7) is 2.03. The lowest BCUT2D eigenvalue weighted by Crippen LogP contribution is -2.19. The van der Waals surface area contributed by atoms with Crippen molar-refractivity contribution in [3.8, 4) is 0 Å². The van der Waals surface area contributed by atoms with Gasteiger partial charge in [0.2, 0.25) is 0 Å². The molecule has 1 atom stereocenters. The number of aromatic nitrogens is 2. The van der Waals surface area contributed by atoms with Gasteiger partial charge in [0.15, 0.2) is 0 Å². The van der Waals surface area contributed by atoms with Crippen molar-refractivity contribution in [1.82, 2.24) is 9.78 Å². The van der Waals surface area contributed by atoms with Crippen LogP contribution in [0.15, 0.2) is 24.4 Å². The molecule has 1 heterocycles. The van der Waals surface area contributed by atoms with E-state index in [9.17, 15) is 0 Å². The van der Waals surface area contributed by atoms with Crippen LogP contribution in [0.2, 0.25) is 5.02 Å². The molecule has 94 valence electrons. The minimum Gasteiger partial charge on any atom is -0.379 e. The molecule has 1 aliphatic rings. The van der Waals surface area contributed by atoms with E-state index in [1.165, 1.54) is 11.1 Å². The molecule has 1 N–H and O–H groups in total. The third-order valence-electron chi connectivity index (χ3n) is 3.47. The third kappa shape index (κ3) is 2.10. The first-order chi connectivity index (χ1) is 8.61. The Labute approximate surface area is 112 Å². The summed E-state index contributed by atoms with van der Waals surface area (Å²) in [7, 11) is 1.95. The van der Waals surface area contributed by atoms with Gasteiger partial charge in [0.25, 0.3) is 0 Å². The highest BCUT2D eigenvalue weighted by atomic mass is 35.5. The first kappa shape index (κ1) is 11.6. The van der Waals surface area contributed by atoms with Crippen LogP contribution in [-0.2, 0) is 19.9 Å². The Morgan fingerprint density at radius 1 is 1.33 bits per heavy atom. The summed E-state index contributed by atoms with van der Waals surface area (Å²) in [6.07, 6.45) is 4.12. The monoisotopic (exact) mass is 261 g/mol. The lowest BCUT2D eigenvalue weighted by atomic mass is 10.1. The number of anilines is 1. The number of fused-ring (bicyclic) bond motifs is 1. The first-order valence-corrected chi connectivity index (χ1v) is 6.53. The number of rotatable bonds is 2. The predicted molar refractivity (Wildman–Crippen MR) is 74.2 cm³/mol. The molecule has 0 saturated carbocycles. The summed E-state index contributed by atoms with van der Waals surface area (Å²) >= 11 is 6.03. The first-order valence-electron chi connectivity index (χ1n) is 6.16. The second kappa shape index (κ2) is 4.32. The molecule has 3 rings (SSSR count). The molecular formula is C14H16ClN3. The molecule has 0 bridgehead atoms. The number of nitrogens with one attached hydrogen (secondary N) is 1. The van der Waals surface area contributed by atoms with E-state index < -0.39 is 0 Å². The summed E-state index contributed by atoms with van der Waals surface area (Å²) in [6, 6.07) is 6.63. The standard InChI is InChI=1S/C14H16ClN3/c1-9-14(8-18(2)17-9)16-13-6-10-3-4-12(15)5-11(10)7-13/h3-5,8,13,16H,6-7H2,1-2H3. The van der Waals surface area contributed by atoms with Gasteiger partial charge in [-0.05, 0) is 43.0 Å². The van der Waals surface area contributed by atoms with Crippen LogP contribution in [0.25, 0.3) is 0 Å². The molecule has 4 heteroatoms. The summed E-state index contributed by atoms with van der Waals surface area (Å²) in [5.74, 6) is 0. The van der Waals surface area contributed by atoms with Crippen LogP contribution in [0.3, 0.4) is 0 Å². The highest BCUT2D eigenvalue weighted by Crippen LogP contribution is 2.27. The van der Waals surface area contributed by atoms with E-state index in [1.807, 2.05) is 30.9 Å². The fraction of sp³-hybridized carbons (Fsp3) is 0.357. The Kier molecular flexibility index (Phi) is 2.78. The molecule has 1 aromatic heterocycles. The van der Waals surface area contributed by atoms with Crippen LogP contribution in [-0.4, -0.2) is 15.8 Å². The quantitative estimate of drug-likeness (QED) is 0.901. The Balaban J connectivity index is 1.76. The van der Waals surface area contributed by atoms with Crippen LogP contribution >= 0.6 is 11.6 Å². The minimum atomic E-state index is 0.446. The highest BCUT2D eigenvalue weighted by Gasteiger charge is 2.22. The Morgan fingerprint density at radius 3 is 2.83 bits per heavy atom.